The lowest BCUT2D eigenvalue weighted by atomic mass is 9.83. The molecule has 3 fully saturated rings. The van der Waals surface area contributed by atoms with E-state index in [1.807, 2.05) is 65.4 Å². The van der Waals surface area contributed by atoms with E-state index in [2.05, 4.69) is 0 Å². The van der Waals surface area contributed by atoms with Gasteiger partial charge in [0.1, 0.15) is 12.3 Å². The molecule has 33 heavy (non-hydrogen) atoms. The molecule has 3 atom stereocenters. The number of esters is 1. The van der Waals surface area contributed by atoms with Gasteiger partial charge in [0.25, 0.3) is 0 Å². The first-order valence-corrected chi connectivity index (χ1v) is 14.1. The highest BCUT2D eigenvalue weighted by Gasteiger charge is 2.51. The zero-order valence-electron chi connectivity index (χ0n) is 18.8. The van der Waals surface area contributed by atoms with Crippen LogP contribution in [0.25, 0.3) is 0 Å². The largest absolute Gasteiger partial charge is 0.493 e. The summed E-state index contributed by atoms with van der Waals surface area (Å²) in [6.45, 7) is 4.85. The molecule has 7 heteroatoms. The van der Waals surface area contributed by atoms with E-state index in [1.54, 1.807) is 0 Å². The predicted octanol–water partition coefficient (Wildman–Crippen LogP) is 4.16. The Balaban J connectivity index is 1.23. The number of thiophene rings is 1. The maximum atomic E-state index is 13.5. The van der Waals surface area contributed by atoms with Crippen LogP contribution in [0.15, 0.2) is 60.0 Å². The lowest BCUT2D eigenvalue weighted by molar-refractivity contribution is -0.946. The normalized spacial score (nSPS) is 29.9. The molecule has 0 aliphatic carbocycles. The Labute approximate surface area is 202 Å². The smallest absolute Gasteiger partial charge is 0.354 e. The highest BCUT2D eigenvalue weighted by Crippen LogP contribution is 2.45. The third-order valence-electron chi connectivity index (χ3n) is 7.25. The molecule has 3 unspecified atom stereocenters. The van der Waals surface area contributed by atoms with E-state index in [0.717, 1.165) is 55.7 Å². The van der Waals surface area contributed by atoms with Crippen LogP contribution in [0.2, 0.25) is 0 Å². The summed E-state index contributed by atoms with van der Waals surface area (Å²) in [6, 6.07) is 13.7. The summed E-state index contributed by atoms with van der Waals surface area (Å²) < 4.78 is 13.0. The number of aliphatic hydroxyl groups is 1. The fraction of sp³-hybridized carbons (Fsp3) is 0.462. The molecule has 6 rings (SSSR count). The maximum absolute atomic E-state index is 13.5. The number of fused-ring (bicyclic) bond motifs is 3. The topological polar surface area (TPSA) is 55.8 Å². The first-order chi connectivity index (χ1) is 16.1. The van der Waals surface area contributed by atoms with Gasteiger partial charge in [-0.15, -0.1) is 21.8 Å². The van der Waals surface area contributed by atoms with Crippen molar-refractivity contribution in [2.24, 2.45) is 5.92 Å². The number of ether oxygens (including phenoxy) is 2. The number of allylic oxidation sites excluding steroid dienone is 1. The minimum absolute atomic E-state index is 0.124. The van der Waals surface area contributed by atoms with Gasteiger partial charge in [-0.2, -0.15) is 0 Å². The molecule has 2 aromatic rings. The van der Waals surface area contributed by atoms with Gasteiger partial charge in [-0.25, -0.2) is 4.79 Å². The van der Waals surface area contributed by atoms with E-state index >= 15 is 0 Å². The van der Waals surface area contributed by atoms with Crippen LogP contribution >= 0.6 is 21.8 Å². The van der Waals surface area contributed by atoms with Crippen LogP contribution in [-0.4, -0.2) is 65.6 Å². The van der Waals surface area contributed by atoms with Crippen LogP contribution in [0.3, 0.4) is 0 Å². The van der Waals surface area contributed by atoms with E-state index in [0.29, 0.717) is 23.2 Å². The number of carbonyl (C=O) groups excluding carboxylic acids is 1. The average molecular weight is 487 g/mol. The molecule has 4 aliphatic heterocycles. The van der Waals surface area contributed by atoms with Crippen LogP contribution in [0, 0.1) is 5.92 Å². The first kappa shape index (κ1) is 22.8. The van der Waals surface area contributed by atoms with Crippen LogP contribution in [0.4, 0.5) is 0 Å². The Morgan fingerprint density at radius 1 is 1.18 bits per heavy atom. The summed E-state index contributed by atoms with van der Waals surface area (Å²) >= 11 is 1.42. The first-order valence-electron chi connectivity index (χ1n) is 11.8. The third-order valence-corrected chi connectivity index (χ3v) is 10.5. The Kier molecular flexibility index (Phi) is 6.74. The second kappa shape index (κ2) is 9.74. The Morgan fingerprint density at radius 2 is 2.00 bits per heavy atom. The molecule has 5 heterocycles. The van der Waals surface area contributed by atoms with Gasteiger partial charge >= 0.3 is 5.97 Å². The highest BCUT2D eigenvalue weighted by molar-refractivity contribution is 8.16. The SMILES string of the molecule is O=C(OC1C[N+]2(CCCOc3ccccc3)CCC1CC2)C(O)(c1cccs1)S1=CC=CC1. The number of para-hydroxylation sites is 1. The lowest BCUT2D eigenvalue weighted by Crippen LogP contribution is -2.65. The molecule has 176 valence electrons. The molecule has 1 aromatic carbocycles. The van der Waals surface area contributed by atoms with Crippen molar-refractivity contribution >= 4 is 33.2 Å². The minimum Gasteiger partial charge on any atom is -0.493 e. The molecule has 0 spiro atoms. The molecule has 5 nitrogen and oxygen atoms in total. The fourth-order valence-corrected chi connectivity index (χ4v) is 8.31. The van der Waals surface area contributed by atoms with Crippen LogP contribution < -0.4 is 4.74 Å². The van der Waals surface area contributed by atoms with Gasteiger partial charge in [-0.3, -0.25) is 0 Å². The monoisotopic (exact) mass is 486 g/mol. The number of hydrogen-bond donors (Lipinski definition) is 1. The number of carbonyl (C=O) groups is 1. The minimum atomic E-state index is -1.59. The van der Waals surface area contributed by atoms with Crippen molar-refractivity contribution < 1.29 is 23.9 Å². The number of quaternary nitrogens is 1. The summed E-state index contributed by atoms with van der Waals surface area (Å²) in [7, 11) is -0.598. The van der Waals surface area contributed by atoms with Gasteiger partial charge in [0.15, 0.2) is 6.10 Å². The summed E-state index contributed by atoms with van der Waals surface area (Å²) in [5, 5.41) is 15.5. The molecule has 1 N–H and O–H groups in total. The van der Waals surface area contributed by atoms with Crippen molar-refractivity contribution in [3.8, 4) is 5.75 Å². The molecule has 0 amide bonds. The Morgan fingerprint density at radius 3 is 2.70 bits per heavy atom. The number of piperidine rings is 3. The number of hydrogen-bond acceptors (Lipinski definition) is 5. The van der Waals surface area contributed by atoms with Crippen molar-refractivity contribution in [1.82, 2.24) is 0 Å². The lowest BCUT2D eigenvalue weighted by Gasteiger charge is -2.52. The van der Waals surface area contributed by atoms with E-state index in [1.165, 1.54) is 11.3 Å². The van der Waals surface area contributed by atoms with E-state index in [9.17, 15) is 9.90 Å². The highest BCUT2D eigenvalue weighted by atomic mass is 32.2. The standard InChI is InChI=1S/C26H32NO4S2/c28-25(26(29,24-10-6-17-32-24)33-18-4-5-19-33)31-23-20-27(14-11-21(23)12-15-27)13-7-16-30-22-8-2-1-3-9-22/h1-6,8-10,17-18,21,23,29H,7,11-16,19-20H2/q+1. The summed E-state index contributed by atoms with van der Waals surface area (Å²) in [6.07, 6.45) is 6.97. The second-order valence-electron chi connectivity index (χ2n) is 9.27. The molecule has 4 aliphatic rings. The zero-order chi connectivity index (χ0) is 22.7. The quantitative estimate of drug-likeness (QED) is 0.250. The van der Waals surface area contributed by atoms with Crippen molar-refractivity contribution in [2.45, 2.75) is 30.3 Å². The average Bonchev–Trinajstić information content (AvgIpc) is 3.58. The van der Waals surface area contributed by atoms with E-state index in [-0.39, 0.29) is 6.10 Å². The number of rotatable bonds is 9. The van der Waals surface area contributed by atoms with Gasteiger partial charge in [0.05, 0.1) is 31.1 Å². The summed E-state index contributed by atoms with van der Waals surface area (Å²) in [5.41, 5.74) is 0. The van der Waals surface area contributed by atoms with Crippen molar-refractivity contribution in [1.29, 1.82) is 0 Å². The van der Waals surface area contributed by atoms with Gasteiger partial charge in [0, 0.05) is 30.9 Å². The molecule has 3 saturated heterocycles. The maximum Gasteiger partial charge on any atom is 0.354 e. The third kappa shape index (κ3) is 4.69. The van der Waals surface area contributed by atoms with Crippen molar-refractivity contribution in [2.75, 3.05) is 38.5 Å². The Bertz CT molecular complexity index is 1010. The van der Waals surface area contributed by atoms with Crippen LogP contribution in [-0.2, 0) is 14.5 Å². The van der Waals surface area contributed by atoms with Crippen LogP contribution in [0.1, 0.15) is 24.1 Å². The Hall–Kier alpha value is -1.93. The molecule has 1 aromatic heterocycles. The van der Waals surface area contributed by atoms with Crippen molar-refractivity contribution in [3.05, 3.63) is 64.9 Å². The summed E-state index contributed by atoms with van der Waals surface area (Å²) in [5.74, 6) is 1.51. The van der Waals surface area contributed by atoms with Gasteiger partial charge in [-0.1, -0.05) is 36.4 Å². The van der Waals surface area contributed by atoms with Crippen LogP contribution in [0.5, 0.6) is 5.75 Å². The molecule has 0 radical (unpaired) electrons. The number of benzene rings is 1. The van der Waals surface area contributed by atoms with Gasteiger partial charge < -0.3 is 19.1 Å². The van der Waals surface area contributed by atoms with Crippen molar-refractivity contribution in [3.63, 3.8) is 0 Å². The number of nitrogens with zero attached hydrogens (tertiary/aromatic N) is 1. The van der Waals surface area contributed by atoms with Gasteiger partial charge in [0.2, 0.25) is 4.93 Å². The second-order valence-corrected chi connectivity index (χ2v) is 12.3. The van der Waals surface area contributed by atoms with E-state index in [4.69, 9.17) is 9.47 Å². The van der Waals surface area contributed by atoms with E-state index < -0.39 is 21.4 Å². The molecule has 0 saturated carbocycles. The zero-order valence-corrected chi connectivity index (χ0v) is 20.4. The predicted molar refractivity (Wildman–Crippen MR) is 135 cm³/mol. The summed E-state index contributed by atoms with van der Waals surface area (Å²) in [4.78, 5) is 12.6. The fourth-order valence-electron chi connectivity index (χ4n) is 5.39. The van der Waals surface area contributed by atoms with Gasteiger partial charge in [-0.05, 0) is 28.9 Å². The molecular weight excluding hydrogens is 454 g/mol. The molecular formula is C26H32NO4S2+. The molecule has 2 bridgehead atoms.